The summed E-state index contributed by atoms with van der Waals surface area (Å²) < 4.78 is 26.6. The number of nitrogens with zero attached hydrogens (tertiary/aromatic N) is 1. The Kier molecular flexibility index (Phi) is 8.22. The van der Waals surface area contributed by atoms with Crippen LogP contribution in [0.2, 0.25) is 0 Å². The Morgan fingerprint density at radius 2 is 1.46 bits per heavy atom. The lowest BCUT2D eigenvalue weighted by atomic mass is 9.87. The number of nitrogens with one attached hydrogen (secondary N) is 2. The van der Waals surface area contributed by atoms with E-state index in [4.69, 9.17) is 0 Å². The maximum Gasteiger partial charge on any atom is 0.255 e. The van der Waals surface area contributed by atoms with E-state index in [0.29, 0.717) is 22.6 Å². The number of sulfonamides is 1. The summed E-state index contributed by atoms with van der Waals surface area (Å²) in [4.78, 5) is 25.3. The molecule has 9 heteroatoms. The molecule has 0 saturated heterocycles. The van der Waals surface area contributed by atoms with Crippen molar-refractivity contribution in [1.82, 2.24) is 0 Å². The van der Waals surface area contributed by atoms with E-state index in [1.54, 1.807) is 60.7 Å². The van der Waals surface area contributed by atoms with Crippen LogP contribution in [0.15, 0.2) is 72.8 Å². The average Bonchev–Trinajstić information content (AvgIpc) is 2.77. The zero-order valence-corrected chi connectivity index (χ0v) is 23.0. The van der Waals surface area contributed by atoms with Crippen molar-refractivity contribution in [1.29, 1.82) is 0 Å². The third kappa shape index (κ3) is 7.53. The average molecular weight is 605 g/mol. The topological polar surface area (TPSA) is 95.6 Å². The number of hydrogen-bond acceptors (Lipinski definition) is 4. The summed E-state index contributed by atoms with van der Waals surface area (Å²) >= 11 is 2.12. The first-order valence-corrected chi connectivity index (χ1v) is 13.8. The van der Waals surface area contributed by atoms with Crippen molar-refractivity contribution in [2.24, 2.45) is 0 Å². The van der Waals surface area contributed by atoms with Crippen molar-refractivity contribution in [3.63, 3.8) is 0 Å². The van der Waals surface area contributed by atoms with E-state index >= 15 is 0 Å². The summed E-state index contributed by atoms with van der Waals surface area (Å²) in [5, 5.41) is 5.53. The second-order valence-electron chi connectivity index (χ2n) is 9.16. The number of amides is 2. The number of halogens is 1. The Labute approximate surface area is 220 Å². The SMILES string of the molecule is CC(C)(C)c1ccc(C(=O)Nc2cccc(NC(=O)CN(c3ccc(I)cc3)S(C)(=O)=O)c2)cc1. The van der Waals surface area contributed by atoms with Gasteiger partial charge in [-0.15, -0.1) is 0 Å². The van der Waals surface area contributed by atoms with Crippen LogP contribution in [0.3, 0.4) is 0 Å². The highest BCUT2D eigenvalue weighted by atomic mass is 127. The first-order chi connectivity index (χ1) is 16.3. The lowest BCUT2D eigenvalue weighted by Gasteiger charge is -2.22. The predicted octanol–water partition coefficient (Wildman–Crippen LogP) is 5.25. The molecule has 3 rings (SSSR count). The second kappa shape index (κ2) is 10.8. The van der Waals surface area contributed by atoms with E-state index in [1.165, 1.54) is 0 Å². The molecule has 3 aromatic carbocycles. The van der Waals surface area contributed by atoms with Crippen molar-refractivity contribution in [3.8, 4) is 0 Å². The summed E-state index contributed by atoms with van der Waals surface area (Å²) in [7, 11) is -3.67. The molecule has 0 spiro atoms. The second-order valence-corrected chi connectivity index (χ2v) is 12.3. The number of benzene rings is 3. The molecule has 0 bridgehead atoms. The Hall–Kier alpha value is -2.92. The molecule has 0 fully saturated rings. The maximum atomic E-state index is 12.7. The summed E-state index contributed by atoms with van der Waals surface area (Å²) in [5.41, 5.74) is 2.99. The molecule has 2 N–H and O–H groups in total. The fraction of sp³-hybridized carbons (Fsp3) is 0.231. The van der Waals surface area contributed by atoms with Crippen LogP contribution >= 0.6 is 22.6 Å². The number of hydrogen-bond donors (Lipinski definition) is 2. The fourth-order valence-electron chi connectivity index (χ4n) is 3.34. The van der Waals surface area contributed by atoms with E-state index in [-0.39, 0.29) is 17.9 Å². The molecular formula is C26H28IN3O4S. The van der Waals surface area contributed by atoms with Crippen LogP contribution in [-0.4, -0.2) is 33.0 Å². The molecule has 0 saturated carbocycles. The fourth-order valence-corrected chi connectivity index (χ4v) is 4.55. The minimum atomic E-state index is -3.67. The molecule has 0 aliphatic heterocycles. The number of carbonyl (C=O) groups is 2. The Morgan fingerprint density at radius 3 is 2.00 bits per heavy atom. The minimum Gasteiger partial charge on any atom is -0.324 e. The van der Waals surface area contributed by atoms with Crippen molar-refractivity contribution in [2.45, 2.75) is 26.2 Å². The van der Waals surface area contributed by atoms with Gasteiger partial charge in [0, 0.05) is 20.5 Å². The van der Waals surface area contributed by atoms with E-state index in [9.17, 15) is 18.0 Å². The molecule has 35 heavy (non-hydrogen) atoms. The highest BCUT2D eigenvalue weighted by Gasteiger charge is 2.21. The smallest absolute Gasteiger partial charge is 0.255 e. The molecule has 0 radical (unpaired) electrons. The molecule has 0 aliphatic carbocycles. The molecule has 3 aromatic rings. The number of carbonyl (C=O) groups excluding carboxylic acids is 2. The molecule has 0 unspecified atom stereocenters. The van der Waals surface area contributed by atoms with Gasteiger partial charge in [-0.2, -0.15) is 0 Å². The molecule has 2 amide bonds. The Morgan fingerprint density at radius 1 is 0.886 bits per heavy atom. The van der Waals surface area contributed by atoms with Gasteiger partial charge in [-0.3, -0.25) is 13.9 Å². The van der Waals surface area contributed by atoms with Crippen LogP contribution in [0, 0.1) is 3.57 Å². The molecule has 0 aliphatic rings. The van der Waals surface area contributed by atoms with Crippen LogP contribution < -0.4 is 14.9 Å². The lowest BCUT2D eigenvalue weighted by molar-refractivity contribution is -0.114. The van der Waals surface area contributed by atoms with Crippen molar-refractivity contribution < 1.29 is 18.0 Å². The van der Waals surface area contributed by atoms with Gasteiger partial charge in [0.15, 0.2) is 0 Å². The molecule has 0 heterocycles. The first kappa shape index (κ1) is 26.7. The molecular weight excluding hydrogens is 577 g/mol. The van der Waals surface area contributed by atoms with Crippen LogP contribution in [0.25, 0.3) is 0 Å². The van der Waals surface area contributed by atoms with Gasteiger partial charge in [-0.1, -0.05) is 39.0 Å². The third-order valence-electron chi connectivity index (χ3n) is 5.22. The van der Waals surface area contributed by atoms with E-state index < -0.39 is 15.9 Å². The van der Waals surface area contributed by atoms with Gasteiger partial charge in [-0.05, 0) is 88.2 Å². The third-order valence-corrected chi connectivity index (χ3v) is 7.08. The minimum absolute atomic E-state index is 0.00660. The maximum absolute atomic E-state index is 12.7. The molecule has 184 valence electrons. The largest absolute Gasteiger partial charge is 0.324 e. The number of anilines is 3. The van der Waals surface area contributed by atoms with Crippen molar-refractivity contribution in [3.05, 3.63) is 87.5 Å². The highest BCUT2D eigenvalue weighted by molar-refractivity contribution is 14.1. The van der Waals surface area contributed by atoms with Crippen molar-refractivity contribution in [2.75, 3.05) is 27.7 Å². The zero-order chi connectivity index (χ0) is 25.8. The summed E-state index contributed by atoms with van der Waals surface area (Å²) in [6, 6.07) is 21.0. The first-order valence-electron chi connectivity index (χ1n) is 10.9. The predicted molar refractivity (Wildman–Crippen MR) is 150 cm³/mol. The quantitative estimate of drug-likeness (QED) is 0.360. The van der Waals surface area contributed by atoms with E-state index in [0.717, 1.165) is 19.7 Å². The van der Waals surface area contributed by atoms with Crippen LogP contribution in [0.1, 0.15) is 36.7 Å². The van der Waals surface area contributed by atoms with Gasteiger partial charge in [0.1, 0.15) is 6.54 Å². The standard InChI is InChI=1S/C26H28IN3O4S/c1-26(2,3)19-10-8-18(9-11-19)25(32)29-22-7-5-6-21(16-22)28-24(31)17-30(35(4,33)34)23-14-12-20(27)13-15-23/h5-16H,17H2,1-4H3,(H,28,31)(H,29,32). The lowest BCUT2D eigenvalue weighted by Crippen LogP contribution is -2.37. The van der Waals surface area contributed by atoms with Crippen molar-refractivity contribution >= 4 is 61.5 Å². The van der Waals surface area contributed by atoms with Gasteiger partial charge in [0.05, 0.1) is 11.9 Å². The van der Waals surface area contributed by atoms with Gasteiger partial charge in [0.2, 0.25) is 15.9 Å². The van der Waals surface area contributed by atoms with Gasteiger partial charge in [-0.25, -0.2) is 8.42 Å². The number of rotatable bonds is 7. The van der Waals surface area contributed by atoms with Gasteiger partial charge < -0.3 is 10.6 Å². The summed E-state index contributed by atoms with van der Waals surface area (Å²) in [6.07, 6.45) is 1.06. The Balaban J connectivity index is 1.68. The summed E-state index contributed by atoms with van der Waals surface area (Å²) in [5.74, 6) is -0.772. The van der Waals surface area contributed by atoms with Crippen LogP contribution in [-0.2, 0) is 20.2 Å². The molecule has 7 nitrogen and oxygen atoms in total. The van der Waals surface area contributed by atoms with Crippen LogP contribution in [0.4, 0.5) is 17.1 Å². The highest BCUT2D eigenvalue weighted by Crippen LogP contribution is 2.23. The van der Waals surface area contributed by atoms with E-state index in [1.807, 2.05) is 12.1 Å². The zero-order valence-electron chi connectivity index (χ0n) is 20.0. The molecule has 0 aromatic heterocycles. The molecule has 0 atom stereocenters. The Bertz CT molecular complexity index is 1320. The van der Waals surface area contributed by atoms with Gasteiger partial charge in [0.25, 0.3) is 5.91 Å². The monoisotopic (exact) mass is 605 g/mol. The normalized spacial score (nSPS) is 11.6. The summed E-state index contributed by atoms with van der Waals surface area (Å²) in [6.45, 7) is 5.95. The van der Waals surface area contributed by atoms with E-state index in [2.05, 4.69) is 54.0 Å². The van der Waals surface area contributed by atoms with Crippen LogP contribution in [0.5, 0.6) is 0 Å². The van der Waals surface area contributed by atoms with Gasteiger partial charge >= 0.3 is 0 Å².